The zero-order chi connectivity index (χ0) is 13.0. The van der Waals surface area contributed by atoms with E-state index in [-0.39, 0.29) is 11.9 Å². The molecule has 0 unspecified atom stereocenters. The van der Waals surface area contributed by atoms with Crippen molar-refractivity contribution in [2.24, 2.45) is 0 Å². The second kappa shape index (κ2) is 5.91. The van der Waals surface area contributed by atoms with Crippen molar-refractivity contribution >= 4 is 5.91 Å². The predicted octanol–water partition coefficient (Wildman–Crippen LogP) is 0.749. The van der Waals surface area contributed by atoms with Gasteiger partial charge in [0.2, 0.25) is 5.91 Å². The molecule has 0 radical (unpaired) electrons. The fraction of sp³-hybridized carbons (Fsp3) is 0.615. The van der Waals surface area contributed by atoms with E-state index in [2.05, 4.69) is 27.1 Å². The molecule has 2 rings (SSSR count). The molecule has 0 bridgehead atoms. The minimum absolute atomic E-state index is 0.0975. The summed E-state index contributed by atoms with van der Waals surface area (Å²) in [6, 6.07) is -0.0975. The van der Waals surface area contributed by atoms with Crippen LogP contribution < -0.4 is 5.32 Å². The Labute approximate surface area is 108 Å². The number of rotatable bonds is 4. The molecule has 1 aromatic rings. The molecule has 1 aliphatic rings. The van der Waals surface area contributed by atoms with Gasteiger partial charge < -0.3 is 5.32 Å². The van der Waals surface area contributed by atoms with Crippen LogP contribution in [0, 0.1) is 0 Å². The van der Waals surface area contributed by atoms with Gasteiger partial charge in [-0.05, 0) is 25.3 Å². The van der Waals surface area contributed by atoms with Crippen LogP contribution in [0.15, 0.2) is 12.5 Å². The van der Waals surface area contributed by atoms with E-state index in [1.807, 2.05) is 13.1 Å². The molecule has 0 saturated carbocycles. The summed E-state index contributed by atoms with van der Waals surface area (Å²) in [7, 11) is 0. The minimum Gasteiger partial charge on any atom is -0.355 e. The molecule has 5 nitrogen and oxygen atoms in total. The topological polar surface area (TPSA) is 58.1 Å². The monoisotopic (exact) mass is 248 g/mol. The van der Waals surface area contributed by atoms with Crippen molar-refractivity contribution in [1.29, 1.82) is 0 Å². The highest BCUT2D eigenvalue weighted by molar-refractivity contribution is 5.81. The Balaban J connectivity index is 1.98. The summed E-state index contributed by atoms with van der Waals surface area (Å²) in [6.07, 6.45) is 5.34. The summed E-state index contributed by atoms with van der Waals surface area (Å²) < 4.78 is 0. The first-order chi connectivity index (χ1) is 8.72. The minimum atomic E-state index is -0.0975. The standard InChI is InChI=1S/C13H20N4O/c1-3-5-15-13(18)10(2)17-6-4-11-7-14-9-16-12(11)8-17/h7,9-10H,3-6,8H2,1-2H3,(H,15,18)/t10-/m1/s1. The van der Waals surface area contributed by atoms with E-state index in [4.69, 9.17) is 0 Å². The van der Waals surface area contributed by atoms with E-state index in [0.29, 0.717) is 0 Å². The fourth-order valence-corrected chi connectivity index (χ4v) is 2.16. The van der Waals surface area contributed by atoms with Crippen LogP contribution in [0.2, 0.25) is 0 Å². The summed E-state index contributed by atoms with van der Waals surface area (Å²) in [4.78, 5) is 22.4. The van der Waals surface area contributed by atoms with E-state index in [0.717, 1.165) is 38.2 Å². The van der Waals surface area contributed by atoms with Crippen LogP contribution in [0.25, 0.3) is 0 Å². The second-order valence-electron chi connectivity index (χ2n) is 4.68. The van der Waals surface area contributed by atoms with Gasteiger partial charge in [0.1, 0.15) is 6.33 Å². The van der Waals surface area contributed by atoms with Crippen molar-refractivity contribution in [2.75, 3.05) is 13.1 Å². The first-order valence-electron chi connectivity index (χ1n) is 6.52. The smallest absolute Gasteiger partial charge is 0.237 e. The van der Waals surface area contributed by atoms with Crippen molar-refractivity contribution in [2.45, 2.75) is 39.3 Å². The van der Waals surface area contributed by atoms with Crippen molar-refractivity contribution in [3.63, 3.8) is 0 Å². The molecule has 5 heteroatoms. The van der Waals surface area contributed by atoms with Gasteiger partial charge in [-0.2, -0.15) is 0 Å². The lowest BCUT2D eigenvalue weighted by Gasteiger charge is -2.31. The first-order valence-corrected chi connectivity index (χ1v) is 6.52. The Hall–Kier alpha value is -1.49. The van der Waals surface area contributed by atoms with Crippen LogP contribution in [-0.2, 0) is 17.8 Å². The molecule has 1 atom stereocenters. The third-order valence-corrected chi connectivity index (χ3v) is 3.38. The maximum atomic E-state index is 11.9. The molecule has 0 fully saturated rings. The SMILES string of the molecule is CCCNC(=O)[C@@H](C)N1CCc2cncnc2C1. The summed E-state index contributed by atoms with van der Waals surface area (Å²) >= 11 is 0. The molecule has 1 N–H and O–H groups in total. The lowest BCUT2D eigenvalue weighted by atomic mass is 10.1. The second-order valence-corrected chi connectivity index (χ2v) is 4.68. The number of carbonyl (C=O) groups excluding carboxylic acids is 1. The Morgan fingerprint density at radius 1 is 1.61 bits per heavy atom. The lowest BCUT2D eigenvalue weighted by Crippen LogP contribution is -2.47. The highest BCUT2D eigenvalue weighted by Gasteiger charge is 2.25. The van der Waals surface area contributed by atoms with E-state index >= 15 is 0 Å². The van der Waals surface area contributed by atoms with Gasteiger partial charge in [0, 0.05) is 25.8 Å². The maximum absolute atomic E-state index is 11.9. The molecule has 0 aliphatic carbocycles. The number of fused-ring (bicyclic) bond motifs is 1. The third kappa shape index (κ3) is 2.85. The third-order valence-electron chi connectivity index (χ3n) is 3.38. The molecular formula is C13H20N4O. The molecule has 0 saturated heterocycles. The van der Waals surface area contributed by atoms with Crippen LogP contribution in [0.3, 0.4) is 0 Å². The summed E-state index contributed by atoms with van der Waals surface area (Å²) in [6.45, 7) is 6.38. The summed E-state index contributed by atoms with van der Waals surface area (Å²) in [5, 5.41) is 2.94. The Bertz CT molecular complexity index is 421. The number of hydrogen-bond acceptors (Lipinski definition) is 4. The van der Waals surface area contributed by atoms with Crippen molar-refractivity contribution < 1.29 is 4.79 Å². The number of nitrogens with one attached hydrogen (secondary N) is 1. The predicted molar refractivity (Wildman–Crippen MR) is 68.9 cm³/mol. The molecule has 1 aromatic heterocycles. The zero-order valence-electron chi connectivity index (χ0n) is 11.0. The molecule has 18 heavy (non-hydrogen) atoms. The maximum Gasteiger partial charge on any atom is 0.237 e. The van der Waals surface area contributed by atoms with E-state index in [9.17, 15) is 4.79 Å². The molecule has 2 heterocycles. The van der Waals surface area contributed by atoms with Crippen molar-refractivity contribution in [1.82, 2.24) is 20.2 Å². The zero-order valence-corrected chi connectivity index (χ0v) is 11.0. The van der Waals surface area contributed by atoms with Crippen LogP contribution in [0.5, 0.6) is 0 Å². The normalized spacial score (nSPS) is 17.0. The van der Waals surface area contributed by atoms with Gasteiger partial charge >= 0.3 is 0 Å². The number of amides is 1. The van der Waals surface area contributed by atoms with Gasteiger partial charge in [0.05, 0.1) is 11.7 Å². The van der Waals surface area contributed by atoms with Crippen molar-refractivity contribution in [3.05, 3.63) is 23.8 Å². The Kier molecular flexibility index (Phi) is 4.25. The van der Waals surface area contributed by atoms with Crippen LogP contribution in [-0.4, -0.2) is 39.9 Å². The van der Waals surface area contributed by atoms with Gasteiger partial charge in [-0.3, -0.25) is 9.69 Å². The van der Waals surface area contributed by atoms with E-state index in [1.54, 1.807) is 6.33 Å². The first kappa shape index (κ1) is 13.0. The highest BCUT2D eigenvalue weighted by Crippen LogP contribution is 2.17. The van der Waals surface area contributed by atoms with Gasteiger partial charge in [0.15, 0.2) is 0 Å². The Morgan fingerprint density at radius 2 is 2.44 bits per heavy atom. The molecule has 0 aromatic carbocycles. The van der Waals surface area contributed by atoms with Crippen LogP contribution >= 0.6 is 0 Å². The summed E-state index contributed by atoms with van der Waals surface area (Å²) in [5.41, 5.74) is 2.25. The molecular weight excluding hydrogens is 228 g/mol. The lowest BCUT2D eigenvalue weighted by molar-refractivity contribution is -0.126. The van der Waals surface area contributed by atoms with Gasteiger partial charge in [-0.15, -0.1) is 0 Å². The Morgan fingerprint density at radius 3 is 3.22 bits per heavy atom. The number of aromatic nitrogens is 2. The molecule has 98 valence electrons. The average Bonchev–Trinajstić information content (AvgIpc) is 2.43. The quantitative estimate of drug-likeness (QED) is 0.854. The van der Waals surface area contributed by atoms with Gasteiger partial charge in [0.25, 0.3) is 0 Å². The van der Waals surface area contributed by atoms with Gasteiger partial charge in [-0.25, -0.2) is 9.97 Å². The van der Waals surface area contributed by atoms with Crippen molar-refractivity contribution in [3.8, 4) is 0 Å². The molecule has 1 aliphatic heterocycles. The largest absolute Gasteiger partial charge is 0.355 e. The van der Waals surface area contributed by atoms with E-state index < -0.39 is 0 Å². The number of hydrogen-bond donors (Lipinski definition) is 1. The molecule has 1 amide bonds. The summed E-state index contributed by atoms with van der Waals surface area (Å²) in [5.74, 6) is 0.106. The average molecular weight is 248 g/mol. The number of nitrogens with zero attached hydrogens (tertiary/aromatic N) is 3. The number of carbonyl (C=O) groups is 1. The van der Waals surface area contributed by atoms with E-state index in [1.165, 1.54) is 5.56 Å². The van der Waals surface area contributed by atoms with Crippen LogP contribution in [0.1, 0.15) is 31.5 Å². The fourth-order valence-electron chi connectivity index (χ4n) is 2.16. The highest BCUT2D eigenvalue weighted by atomic mass is 16.2. The van der Waals surface area contributed by atoms with Crippen LogP contribution in [0.4, 0.5) is 0 Å². The van der Waals surface area contributed by atoms with Gasteiger partial charge in [-0.1, -0.05) is 6.92 Å². The molecule has 0 spiro atoms.